The van der Waals surface area contributed by atoms with Crippen LogP contribution in [0.1, 0.15) is 43.6 Å². The summed E-state index contributed by atoms with van der Waals surface area (Å²) in [6.45, 7) is 0. The van der Waals surface area contributed by atoms with E-state index in [1.165, 1.54) is 12.8 Å². The lowest BCUT2D eigenvalue weighted by atomic mass is 9.75. The summed E-state index contributed by atoms with van der Waals surface area (Å²) in [6.07, 6.45) is 5.54. The third-order valence-electron chi connectivity index (χ3n) is 4.71. The Bertz CT molecular complexity index is 514. The van der Waals surface area contributed by atoms with E-state index >= 15 is 0 Å². The summed E-state index contributed by atoms with van der Waals surface area (Å²) in [7, 11) is 1.63. The molecule has 1 aliphatic carbocycles. The first-order valence-electron chi connectivity index (χ1n) is 7.38. The van der Waals surface area contributed by atoms with Crippen molar-refractivity contribution in [2.45, 2.75) is 44.1 Å². The lowest BCUT2D eigenvalue weighted by Crippen LogP contribution is -2.40. The van der Waals surface area contributed by atoms with Gasteiger partial charge in [0.05, 0.1) is 18.7 Å². The lowest BCUT2D eigenvalue weighted by Gasteiger charge is -2.38. The molecule has 0 saturated heterocycles. The molecule has 3 unspecified atom stereocenters. The Morgan fingerprint density at radius 2 is 2.10 bits per heavy atom. The molecule has 0 aromatic heterocycles. The Hall–Kier alpha value is -1.71. The van der Waals surface area contributed by atoms with Crippen LogP contribution in [0.4, 0.5) is 5.69 Å². The number of rotatable bonds is 2. The van der Waals surface area contributed by atoms with Crippen LogP contribution in [0.2, 0.25) is 0 Å². The summed E-state index contributed by atoms with van der Waals surface area (Å²) < 4.78 is 5.40. The number of fused-ring (bicyclic) bond motifs is 2. The van der Waals surface area contributed by atoms with Crippen LogP contribution >= 0.6 is 0 Å². The van der Waals surface area contributed by atoms with Gasteiger partial charge < -0.3 is 15.2 Å². The highest BCUT2D eigenvalue weighted by Crippen LogP contribution is 2.46. The maximum absolute atomic E-state index is 11.8. The average molecular weight is 275 g/mol. The van der Waals surface area contributed by atoms with E-state index in [1.807, 2.05) is 18.2 Å². The van der Waals surface area contributed by atoms with Gasteiger partial charge in [-0.25, -0.2) is 0 Å². The number of anilines is 1. The molecule has 4 heteroatoms. The number of ether oxygens (including phenoxy) is 1. The zero-order valence-electron chi connectivity index (χ0n) is 11.8. The maximum atomic E-state index is 11.8. The highest BCUT2D eigenvalue weighted by atomic mass is 16.5. The molecule has 0 amide bonds. The van der Waals surface area contributed by atoms with Gasteiger partial charge in [-0.15, -0.1) is 0 Å². The fraction of sp³-hybridized carbons (Fsp3) is 0.562. The molecule has 4 nitrogen and oxygen atoms in total. The number of aliphatic carboxylic acids is 1. The number of carboxylic acids is 1. The number of hydrogen-bond acceptors (Lipinski definition) is 3. The zero-order chi connectivity index (χ0) is 14.1. The van der Waals surface area contributed by atoms with Crippen molar-refractivity contribution in [1.29, 1.82) is 0 Å². The quantitative estimate of drug-likeness (QED) is 0.870. The first-order chi connectivity index (χ1) is 9.72. The number of carbonyl (C=O) groups is 1. The number of methoxy groups -OCH3 is 1. The van der Waals surface area contributed by atoms with Crippen molar-refractivity contribution in [2.75, 3.05) is 12.4 Å². The maximum Gasteiger partial charge on any atom is 0.311 e. The molecule has 3 atom stereocenters. The number of carboxylic acid groups (broad SMARTS) is 1. The molecule has 1 aromatic carbocycles. The van der Waals surface area contributed by atoms with Crippen LogP contribution in [0.5, 0.6) is 5.75 Å². The first kappa shape index (κ1) is 13.3. The number of benzene rings is 1. The van der Waals surface area contributed by atoms with E-state index in [1.54, 1.807) is 7.11 Å². The van der Waals surface area contributed by atoms with Crippen LogP contribution in [0, 0.1) is 5.92 Å². The van der Waals surface area contributed by atoms with E-state index in [2.05, 4.69) is 5.32 Å². The summed E-state index contributed by atoms with van der Waals surface area (Å²) in [5.41, 5.74) is 1.76. The minimum atomic E-state index is -0.710. The van der Waals surface area contributed by atoms with Gasteiger partial charge in [0.2, 0.25) is 0 Å². The summed E-state index contributed by atoms with van der Waals surface area (Å²) in [5, 5.41) is 13.3. The van der Waals surface area contributed by atoms with Gasteiger partial charge in [-0.2, -0.15) is 0 Å². The second kappa shape index (κ2) is 5.35. The third-order valence-corrected chi connectivity index (χ3v) is 4.71. The first-order valence-corrected chi connectivity index (χ1v) is 7.38. The molecule has 0 bridgehead atoms. The summed E-state index contributed by atoms with van der Waals surface area (Å²) in [5.74, 6) is -0.187. The standard InChI is InChI=1S/C16H21NO3/c1-20-13-9-5-7-11-14(16(18)19)10-6-3-2-4-8-12(10)17-15(11)13/h5,7,9-10,12,14,17H,2-4,6,8H2,1H3,(H,18,19). The van der Waals surface area contributed by atoms with Gasteiger partial charge in [-0.05, 0) is 30.4 Å². The van der Waals surface area contributed by atoms with Crippen LogP contribution in [0.15, 0.2) is 18.2 Å². The summed E-state index contributed by atoms with van der Waals surface area (Å²) in [6, 6.07) is 5.95. The Balaban J connectivity index is 2.08. The average Bonchev–Trinajstić information content (AvgIpc) is 2.68. The minimum Gasteiger partial charge on any atom is -0.495 e. The van der Waals surface area contributed by atoms with Crippen LogP contribution in [0.3, 0.4) is 0 Å². The van der Waals surface area contributed by atoms with E-state index in [9.17, 15) is 9.90 Å². The zero-order valence-corrected chi connectivity index (χ0v) is 11.8. The third kappa shape index (κ3) is 2.13. The molecular formula is C16H21NO3. The topological polar surface area (TPSA) is 58.6 Å². The van der Waals surface area contributed by atoms with Gasteiger partial charge in [0.25, 0.3) is 0 Å². The molecule has 1 fully saturated rings. The molecule has 20 heavy (non-hydrogen) atoms. The van der Waals surface area contributed by atoms with Crippen LogP contribution in [0.25, 0.3) is 0 Å². The van der Waals surface area contributed by atoms with Gasteiger partial charge >= 0.3 is 5.97 Å². The molecule has 1 saturated carbocycles. The van der Waals surface area contributed by atoms with Crippen LogP contribution < -0.4 is 10.1 Å². The summed E-state index contributed by atoms with van der Waals surface area (Å²) >= 11 is 0. The van der Waals surface area contributed by atoms with E-state index < -0.39 is 11.9 Å². The van der Waals surface area contributed by atoms with Crippen molar-refractivity contribution in [3.05, 3.63) is 23.8 Å². The number of nitrogens with one attached hydrogen (secondary N) is 1. The van der Waals surface area contributed by atoms with E-state index in [0.717, 1.165) is 36.3 Å². The smallest absolute Gasteiger partial charge is 0.311 e. The normalized spacial score (nSPS) is 28.6. The van der Waals surface area contributed by atoms with E-state index in [-0.39, 0.29) is 12.0 Å². The highest BCUT2D eigenvalue weighted by molar-refractivity contribution is 5.82. The fourth-order valence-electron chi connectivity index (χ4n) is 3.78. The van der Waals surface area contributed by atoms with Crippen molar-refractivity contribution in [3.8, 4) is 5.75 Å². The van der Waals surface area contributed by atoms with Gasteiger partial charge in [0, 0.05) is 6.04 Å². The van der Waals surface area contributed by atoms with Gasteiger partial charge in [0.15, 0.2) is 0 Å². The Morgan fingerprint density at radius 3 is 2.85 bits per heavy atom. The van der Waals surface area contributed by atoms with Crippen molar-refractivity contribution in [2.24, 2.45) is 5.92 Å². The monoisotopic (exact) mass is 275 g/mol. The van der Waals surface area contributed by atoms with Gasteiger partial charge in [-0.1, -0.05) is 31.4 Å². The Labute approximate surface area is 119 Å². The molecule has 1 aliphatic heterocycles. The lowest BCUT2D eigenvalue weighted by molar-refractivity contribution is -0.140. The SMILES string of the molecule is COc1cccc2c1NC1CCCCCC1C2C(=O)O. The molecule has 108 valence electrons. The predicted octanol–water partition coefficient (Wildman–Crippen LogP) is 3.24. The largest absolute Gasteiger partial charge is 0.495 e. The van der Waals surface area contributed by atoms with Crippen molar-refractivity contribution >= 4 is 11.7 Å². The van der Waals surface area contributed by atoms with Crippen LogP contribution in [-0.4, -0.2) is 24.2 Å². The minimum absolute atomic E-state index is 0.189. The summed E-state index contributed by atoms with van der Waals surface area (Å²) in [4.78, 5) is 11.8. The fourth-order valence-corrected chi connectivity index (χ4v) is 3.78. The van der Waals surface area contributed by atoms with E-state index in [0.29, 0.717) is 0 Å². The second-order valence-corrected chi connectivity index (χ2v) is 5.79. The van der Waals surface area contributed by atoms with Gasteiger partial charge in [-0.3, -0.25) is 4.79 Å². The molecule has 1 aromatic rings. The molecule has 1 heterocycles. The number of para-hydroxylation sites is 1. The van der Waals surface area contributed by atoms with Crippen molar-refractivity contribution < 1.29 is 14.6 Å². The number of hydrogen-bond donors (Lipinski definition) is 2. The van der Waals surface area contributed by atoms with Crippen LogP contribution in [-0.2, 0) is 4.79 Å². The van der Waals surface area contributed by atoms with Crippen molar-refractivity contribution in [3.63, 3.8) is 0 Å². The molecule has 0 radical (unpaired) electrons. The second-order valence-electron chi connectivity index (χ2n) is 5.79. The van der Waals surface area contributed by atoms with Gasteiger partial charge in [0.1, 0.15) is 5.75 Å². The molecule has 2 aliphatic rings. The Kier molecular flexibility index (Phi) is 3.55. The molecule has 0 spiro atoms. The molecule has 2 N–H and O–H groups in total. The van der Waals surface area contributed by atoms with Crippen molar-refractivity contribution in [1.82, 2.24) is 0 Å². The predicted molar refractivity (Wildman–Crippen MR) is 77.4 cm³/mol. The molecular weight excluding hydrogens is 254 g/mol. The van der Waals surface area contributed by atoms with E-state index in [4.69, 9.17) is 4.74 Å². The highest BCUT2D eigenvalue weighted by Gasteiger charge is 2.41. The molecule has 3 rings (SSSR count). The Morgan fingerprint density at radius 1 is 1.30 bits per heavy atom.